The summed E-state index contributed by atoms with van der Waals surface area (Å²) in [6, 6.07) is 0.116. The molecule has 7 heteroatoms. The molecule has 1 aromatic heterocycles. The fraction of sp³-hybridized carbons (Fsp3) is 0.750. The van der Waals surface area contributed by atoms with Gasteiger partial charge in [-0.2, -0.15) is 0 Å². The SMILES string of the molecule is CCC(CC)N(CCO)c1nn(C)c(=O)n(C)c1=O. The maximum atomic E-state index is 12.2. The van der Waals surface area contributed by atoms with E-state index in [9.17, 15) is 14.7 Å². The van der Waals surface area contributed by atoms with Gasteiger partial charge in [0.15, 0.2) is 0 Å². The van der Waals surface area contributed by atoms with Crippen molar-refractivity contribution in [1.29, 1.82) is 0 Å². The molecule has 1 heterocycles. The molecule has 0 saturated carbocycles. The second-order valence-corrected chi connectivity index (χ2v) is 4.48. The monoisotopic (exact) mass is 270 g/mol. The van der Waals surface area contributed by atoms with E-state index in [1.165, 1.54) is 14.1 Å². The maximum absolute atomic E-state index is 12.2. The highest BCUT2D eigenvalue weighted by atomic mass is 16.3. The Balaban J connectivity index is 3.39. The Morgan fingerprint density at radius 1 is 1.26 bits per heavy atom. The van der Waals surface area contributed by atoms with Crippen molar-refractivity contribution in [3.8, 4) is 0 Å². The van der Waals surface area contributed by atoms with Gasteiger partial charge in [-0.05, 0) is 12.8 Å². The third-order valence-electron chi connectivity index (χ3n) is 3.30. The quantitative estimate of drug-likeness (QED) is 0.751. The molecule has 0 aromatic carbocycles. The Bertz CT molecular complexity index is 531. The third-order valence-corrected chi connectivity index (χ3v) is 3.30. The highest BCUT2D eigenvalue weighted by molar-refractivity contribution is 5.36. The molecular formula is C12H22N4O3. The van der Waals surface area contributed by atoms with Crippen LogP contribution in [0.15, 0.2) is 9.59 Å². The summed E-state index contributed by atoms with van der Waals surface area (Å²) in [7, 11) is 2.94. The van der Waals surface area contributed by atoms with Crippen molar-refractivity contribution < 1.29 is 5.11 Å². The van der Waals surface area contributed by atoms with E-state index in [1.54, 1.807) is 4.90 Å². The Morgan fingerprint density at radius 2 is 1.84 bits per heavy atom. The number of hydrogen-bond acceptors (Lipinski definition) is 5. The van der Waals surface area contributed by atoms with Crippen LogP contribution in [0.25, 0.3) is 0 Å². The number of anilines is 1. The van der Waals surface area contributed by atoms with Gasteiger partial charge in [-0.25, -0.2) is 9.48 Å². The fourth-order valence-electron chi connectivity index (χ4n) is 2.16. The van der Waals surface area contributed by atoms with Crippen LogP contribution in [0.1, 0.15) is 26.7 Å². The van der Waals surface area contributed by atoms with Gasteiger partial charge < -0.3 is 10.0 Å². The number of aliphatic hydroxyl groups excluding tert-OH is 1. The van der Waals surface area contributed by atoms with Crippen molar-refractivity contribution in [2.75, 3.05) is 18.1 Å². The number of hydrogen-bond donors (Lipinski definition) is 1. The van der Waals surface area contributed by atoms with E-state index >= 15 is 0 Å². The molecule has 0 aliphatic rings. The van der Waals surface area contributed by atoms with Gasteiger partial charge >= 0.3 is 5.69 Å². The lowest BCUT2D eigenvalue weighted by molar-refractivity contribution is 0.294. The highest BCUT2D eigenvalue weighted by Crippen LogP contribution is 2.13. The zero-order valence-electron chi connectivity index (χ0n) is 12.0. The summed E-state index contributed by atoms with van der Waals surface area (Å²) in [5.74, 6) is 0.215. The normalized spacial score (nSPS) is 11.1. The van der Waals surface area contributed by atoms with Crippen LogP contribution in [0.2, 0.25) is 0 Å². The van der Waals surface area contributed by atoms with Crippen molar-refractivity contribution in [3.05, 3.63) is 20.8 Å². The lowest BCUT2D eigenvalue weighted by Crippen LogP contribution is -2.47. The molecule has 0 spiro atoms. The molecule has 0 aliphatic heterocycles. The Kier molecular flexibility index (Phi) is 5.29. The van der Waals surface area contributed by atoms with Crippen LogP contribution in [0.3, 0.4) is 0 Å². The average molecular weight is 270 g/mol. The second kappa shape index (κ2) is 6.51. The smallest absolute Gasteiger partial charge is 0.346 e. The number of aliphatic hydroxyl groups is 1. The molecular weight excluding hydrogens is 248 g/mol. The third kappa shape index (κ3) is 3.04. The van der Waals surface area contributed by atoms with Crippen LogP contribution in [-0.2, 0) is 14.1 Å². The van der Waals surface area contributed by atoms with Crippen molar-refractivity contribution in [1.82, 2.24) is 14.3 Å². The van der Waals surface area contributed by atoms with E-state index in [0.29, 0.717) is 6.54 Å². The van der Waals surface area contributed by atoms with Crippen molar-refractivity contribution in [2.24, 2.45) is 14.1 Å². The minimum atomic E-state index is -0.456. The largest absolute Gasteiger partial charge is 0.395 e. The van der Waals surface area contributed by atoms with Gasteiger partial charge in [0.2, 0.25) is 5.82 Å². The Morgan fingerprint density at radius 3 is 2.32 bits per heavy atom. The first-order valence-corrected chi connectivity index (χ1v) is 6.49. The van der Waals surface area contributed by atoms with Crippen molar-refractivity contribution in [2.45, 2.75) is 32.7 Å². The van der Waals surface area contributed by atoms with Crippen LogP contribution in [0.5, 0.6) is 0 Å². The van der Waals surface area contributed by atoms with E-state index < -0.39 is 11.2 Å². The summed E-state index contributed by atoms with van der Waals surface area (Å²) in [5.41, 5.74) is -0.884. The zero-order chi connectivity index (χ0) is 14.6. The van der Waals surface area contributed by atoms with Crippen LogP contribution >= 0.6 is 0 Å². The first-order valence-electron chi connectivity index (χ1n) is 6.49. The predicted octanol–water partition coefficient (Wildman–Crippen LogP) is -0.534. The molecule has 0 atom stereocenters. The first kappa shape index (κ1) is 15.4. The summed E-state index contributed by atoms with van der Waals surface area (Å²) in [6.07, 6.45) is 1.67. The van der Waals surface area contributed by atoms with E-state index in [4.69, 9.17) is 0 Å². The molecule has 7 nitrogen and oxygen atoms in total. The van der Waals surface area contributed by atoms with E-state index in [-0.39, 0.29) is 18.5 Å². The molecule has 0 radical (unpaired) electrons. The van der Waals surface area contributed by atoms with Crippen molar-refractivity contribution in [3.63, 3.8) is 0 Å². The standard InChI is InChI=1S/C12H22N4O3/c1-5-9(6-2)16(7-8-17)10-11(18)14(3)12(19)15(4)13-10/h9,17H,5-8H2,1-4H3. The summed E-state index contributed by atoms with van der Waals surface area (Å²) in [6.45, 7) is 4.30. The van der Waals surface area contributed by atoms with Gasteiger partial charge in [0.25, 0.3) is 5.56 Å². The summed E-state index contributed by atoms with van der Waals surface area (Å²) in [4.78, 5) is 25.6. The molecule has 0 unspecified atom stereocenters. The molecule has 0 bridgehead atoms. The number of aryl methyl sites for hydroxylation is 1. The van der Waals surface area contributed by atoms with Gasteiger partial charge in [-0.3, -0.25) is 9.36 Å². The van der Waals surface area contributed by atoms with Crippen LogP contribution in [0.4, 0.5) is 5.82 Å². The molecule has 1 rings (SSSR count). The average Bonchev–Trinajstić information content (AvgIpc) is 2.41. The summed E-state index contributed by atoms with van der Waals surface area (Å²) >= 11 is 0. The molecule has 108 valence electrons. The zero-order valence-corrected chi connectivity index (χ0v) is 12.0. The molecule has 1 N–H and O–H groups in total. The van der Waals surface area contributed by atoms with E-state index in [1.807, 2.05) is 13.8 Å². The Labute approximate surface area is 112 Å². The lowest BCUT2D eigenvalue weighted by atomic mass is 10.1. The van der Waals surface area contributed by atoms with Gasteiger partial charge in [0.1, 0.15) is 0 Å². The van der Waals surface area contributed by atoms with E-state index in [2.05, 4.69) is 5.10 Å². The molecule has 1 aromatic rings. The van der Waals surface area contributed by atoms with Crippen LogP contribution < -0.4 is 16.1 Å². The van der Waals surface area contributed by atoms with Gasteiger partial charge in [-0.1, -0.05) is 13.8 Å². The molecule has 0 fully saturated rings. The Hall–Kier alpha value is -1.63. The minimum absolute atomic E-state index is 0.0653. The summed E-state index contributed by atoms with van der Waals surface area (Å²) in [5, 5.41) is 13.2. The van der Waals surface area contributed by atoms with Gasteiger partial charge in [-0.15, -0.1) is 5.10 Å². The van der Waals surface area contributed by atoms with E-state index in [0.717, 1.165) is 22.1 Å². The fourth-order valence-corrected chi connectivity index (χ4v) is 2.16. The number of aromatic nitrogens is 3. The number of rotatable bonds is 6. The number of nitrogens with zero attached hydrogens (tertiary/aromatic N) is 4. The highest BCUT2D eigenvalue weighted by Gasteiger charge is 2.21. The van der Waals surface area contributed by atoms with Crippen LogP contribution in [-0.4, -0.2) is 38.6 Å². The van der Waals surface area contributed by atoms with Gasteiger partial charge in [0, 0.05) is 26.7 Å². The predicted molar refractivity (Wildman–Crippen MR) is 73.5 cm³/mol. The van der Waals surface area contributed by atoms with Crippen molar-refractivity contribution >= 4 is 5.82 Å². The lowest BCUT2D eigenvalue weighted by Gasteiger charge is -2.30. The molecule has 0 aliphatic carbocycles. The molecule has 0 saturated heterocycles. The topological polar surface area (TPSA) is 80.4 Å². The van der Waals surface area contributed by atoms with Crippen LogP contribution in [0, 0.1) is 0 Å². The van der Waals surface area contributed by atoms with Gasteiger partial charge in [0.05, 0.1) is 6.61 Å². The maximum Gasteiger partial charge on any atom is 0.346 e. The molecule has 0 amide bonds. The summed E-state index contributed by atoms with van der Waals surface area (Å²) < 4.78 is 2.18. The first-order chi connectivity index (χ1) is 8.97. The molecule has 19 heavy (non-hydrogen) atoms. The minimum Gasteiger partial charge on any atom is -0.395 e. The second-order valence-electron chi connectivity index (χ2n) is 4.48.